The van der Waals surface area contributed by atoms with Crippen molar-refractivity contribution in [3.05, 3.63) is 24.3 Å². The van der Waals surface area contributed by atoms with Gasteiger partial charge in [0.05, 0.1) is 33.8 Å². The number of carbonyl (C=O) groups is 2. The fourth-order valence-corrected chi connectivity index (χ4v) is 10.5. The highest BCUT2D eigenvalue weighted by molar-refractivity contribution is 7.45. The molecule has 1 amide bonds. The first kappa shape index (κ1) is 73.5. The molecule has 0 radical (unpaired) electrons. The van der Waals surface area contributed by atoms with Crippen molar-refractivity contribution in [1.29, 1.82) is 0 Å². The van der Waals surface area contributed by atoms with Gasteiger partial charge in [0.1, 0.15) is 19.3 Å². The number of hydrogen-bond acceptors (Lipinski definition) is 7. The molecular weight excluding hydrogens is 952 g/mol. The fraction of sp³-hybridized carbons (Fsp3) is 0.908. The van der Waals surface area contributed by atoms with Crippen LogP contribution in [0.2, 0.25) is 0 Å². The minimum atomic E-state index is -4.69. The zero-order chi connectivity index (χ0) is 55.0. The maximum Gasteiger partial charge on any atom is 0.306 e. The minimum absolute atomic E-state index is 0.0183. The van der Waals surface area contributed by atoms with Crippen molar-refractivity contribution in [2.24, 2.45) is 0 Å². The lowest BCUT2D eigenvalue weighted by Crippen LogP contribution is -2.47. The minimum Gasteiger partial charge on any atom is -0.756 e. The molecule has 0 saturated carbocycles. The summed E-state index contributed by atoms with van der Waals surface area (Å²) in [5.41, 5.74) is 0. The third-order valence-corrected chi connectivity index (χ3v) is 15.8. The van der Waals surface area contributed by atoms with E-state index in [0.717, 1.165) is 57.8 Å². The SMILES string of the molecule is CCCCCCCC/C=C/CCCCCCCCCCCCCCCC(=O)NC(COP(=O)([O-])OCC[N+](C)(C)C)C(/C=C\CCCCCCCCCCCCC)OC(=O)CCCCCCCCCCCCCCC. The fourth-order valence-electron chi connectivity index (χ4n) is 9.81. The summed E-state index contributed by atoms with van der Waals surface area (Å²) < 4.78 is 30.4. The van der Waals surface area contributed by atoms with Crippen LogP contribution in [0.1, 0.15) is 329 Å². The number of nitrogens with one attached hydrogen (secondary N) is 1. The summed E-state index contributed by atoms with van der Waals surface area (Å²) in [4.78, 5) is 40.0. The zero-order valence-corrected chi connectivity index (χ0v) is 51.7. The summed E-state index contributed by atoms with van der Waals surface area (Å²) in [6.45, 7) is 6.89. The lowest BCUT2D eigenvalue weighted by atomic mass is 10.0. The molecule has 75 heavy (non-hydrogen) atoms. The molecule has 0 aliphatic heterocycles. The average molecular weight is 1080 g/mol. The van der Waals surface area contributed by atoms with E-state index in [1.807, 2.05) is 33.3 Å². The third kappa shape index (κ3) is 57.0. The number of allylic oxidation sites excluding steroid dienone is 3. The molecule has 9 nitrogen and oxygen atoms in total. The Kier molecular flexibility index (Phi) is 54.7. The van der Waals surface area contributed by atoms with Gasteiger partial charge in [-0.2, -0.15) is 0 Å². The van der Waals surface area contributed by atoms with E-state index < -0.39 is 20.0 Å². The quantitative estimate of drug-likeness (QED) is 0.0212. The highest BCUT2D eigenvalue weighted by Crippen LogP contribution is 2.38. The van der Waals surface area contributed by atoms with E-state index >= 15 is 0 Å². The first-order valence-electron chi connectivity index (χ1n) is 32.6. The Morgan fingerprint density at radius 2 is 0.773 bits per heavy atom. The number of phosphoric ester groups is 1. The highest BCUT2D eigenvalue weighted by Gasteiger charge is 2.27. The Morgan fingerprint density at radius 3 is 1.13 bits per heavy atom. The molecule has 444 valence electrons. The molecule has 0 aromatic rings. The van der Waals surface area contributed by atoms with Crippen LogP contribution < -0.4 is 10.2 Å². The van der Waals surface area contributed by atoms with Crippen molar-refractivity contribution in [2.75, 3.05) is 40.9 Å². The Morgan fingerprint density at radius 1 is 0.453 bits per heavy atom. The first-order valence-corrected chi connectivity index (χ1v) is 34.1. The molecule has 0 aliphatic carbocycles. The molecule has 0 aliphatic rings. The normalized spacial score (nSPS) is 13.7. The van der Waals surface area contributed by atoms with E-state index in [9.17, 15) is 19.0 Å². The summed E-state index contributed by atoms with van der Waals surface area (Å²) in [6, 6.07) is -0.882. The largest absolute Gasteiger partial charge is 0.756 e. The van der Waals surface area contributed by atoms with E-state index in [2.05, 4.69) is 38.2 Å². The van der Waals surface area contributed by atoms with E-state index in [1.54, 1.807) is 0 Å². The number of nitrogens with zero attached hydrogens (tertiary/aromatic N) is 1. The molecule has 0 rings (SSSR count). The molecule has 3 unspecified atom stereocenters. The van der Waals surface area contributed by atoms with Gasteiger partial charge in [-0.15, -0.1) is 0 Å². The van der Waals surface area contributed by atoms with Gasteiger partial charge in [-0.1, -0.05) is 283 Å². The second-order valence-electron chi connectivity index (χ2n) is 23.6. The molecular formula is C65H127N2O7P. The summed E-state index contributed by atoms with van der Waals surface area (Å²) in [6.07, 6.45) is 65.7. The van der Waals surface area contributed by atoms with E-state index in [4.69, 9.17) is 13.8 Å². The number of amides is 1. The third-order valence-electron chi connectivity index (χ3n) is 14.9. The van der Waals surface area contributed by atoms with Crippen LogP contribution in [0.3, 0.4) is 0 Å². The summed E-state index contributed by atoms with van der Waals surface area (Å²) >= 11 is 0. The van der Waals surface area contributed by atoms with Gasteiger partial charge in [-0.05, 0) is 57.4 Å². The summed E-state index contributed by atoms with van der Waals surface area (Å²) in [7, 11) is 1.20. The number of rotatable bonds is 60. The number of hydrogen-bond donors (Lipinski definition) is 1. The molecule has 0 bridgehead atoms. The van der Waals surface area contributed by atoms with Gasteiger partial charge in [0, 0.05) is 12.8 Å². The number of carbonyl (C=O) groups excluding carboxylic acids is 2. The van der Waals surface area contributed by atoms with Gasteiger partial charge >= 0.3 is 5.97 Å². The van der Waals surface area contributed by atoms with Gasteiger partial charge in [-0.25, -0.2) is 0 Å². The van der Waals surface area contributed by atoms with Crippen molar-refractivity contribution in [3.8, 4) is 0 Å². The van der Waals surface area contributed by atoms with E-state index in [0.29, 0.717) is 17.4 Å². The van der Waals surface area contributed by atoms with Crippen LogP contribution in [0.25, 0.3) is 0 Å². The molecule has 0 fully saturated rings. The van der Waals surface area contributed by atoms with Crippen LogP contribution in [0.15, 0.2) is 24.3 Å². The van der Waals surface area contributed by atoms with Gasteiger partial charge in [-0.3, -0.25) is 14.2 Å². The van der Waals surface area contributed by atoms with Crippen LogP contribution >= 0.6 is 7.82 Å². The molecule has 10 heteroatoms. The van der Waals surface area contributed by atoms with Crippen molar-refractivity contribution in [1.82, 2.24) is 5.32 Å². The number of phosphoric acid groups is 1. The Hall–Kier alpha value is -1.51. The molecule has 0 aromatic carbocycles. The standard InChI is InChI=1S/C65H127N2O7P/c1-7-10-13-16-19-22-25-28-29-30-31-32-33-34-35-36-37-40-42-45-48-51-54-57-64(68)66-62(61-73-75(70,71)72-60-59-67(4,5)6)63(56-53-50-47-44-41-38-26-23-20-17-14-11-8-2)74-65(69)58-55-52-49-46-43-39-27-24-21-18-15-12-9-3/h28-29,53,56,62-63H,7-27,30-52,54-55,57-61H2,1-6H3,(H-,66,68,70,71)/b29-28+,56-53-. The molecule has 3 atom stereocenters. The van der Waals surface area contributed by atoms with Crippen molar-refractivity contribution in [2.45, 2.75) is 341 Å². The number of likely N-dealkylation sites (N-methyl/N-ethyl adjacent to an activating group) is 1. The molecule has 0 aromatic heterocycles. The van der Waals surface area contributed by atoms with Gasteiger partial charge in [0.25, 0.3) is 7.82 Å². The average Bonchev–Trinajstić information content (AvgIpc) is 3.37. The van der Waals surface area contributed by atoms with Crippen LogP contribution in [0, 0.1) is 0 Å². The molecule has 0 heterocycles. The zero-order valence-electron chi connectivity index (χ0n) is 50.8. The number of ether oxygens (including phenoxy) is 1. The smallest absolute Gasteiger partial charge is 0.306 e. The van der Waals surface area contributed by atoms with Crippen molar-refractivity contribution >= 4 is 19.7 Å². The van der Waals surface area contributed by atoms with Crippen LogP contribution in [0.4, 0.5) is 0 Å². The Labute approximate surface area is 466 Å². The van der Waals surface area contributed by atoms with Crippen LogP contribution in [-0.4, -0.2) is 69.4 Å². The van der Waals surface area contributed by atoms with Crippen LogP contribution in [-0.2, 0) is 27.9 Å². The van der Waals surface area contributed by atoms with Crippen molar-refractivity contribution in [3.63, 3.8) is 0 Å². The Balaban J connectivity index is 5.11. The second-order valence-corrected chi connectivity index (χ2v) is 25.0. The number of unbranched alkanes of at least 4 members (excludes halogenated alkanes) is 42. The van der Waals surface area contributed by atoms with Gasteiger partial charge in [0.2, 0.25) is 5.91 Å². The van der Waals surface area contributed by atoms with E-state index in [-0.39, 0.29) is 31.5 Å². The second kappa shape index (κ2) is 55.8. The van der Waals surface area contributed by atoms with Crippen molar-refractivity contribution < 1.29 is 37.3 Å². The predicted octanol–water partition coefficient (Wildman–Crippen LogP) is 19.5. The monoisotopic (exact) mass is 1080 g/mol. The first-order chi connectivity index (χ1) is 36.4. The molecule has 0 saturated heterocycles. The van der Waals surface area contributed by atoms with Gasteiger partial charge < -0.3 is 28.5 Å². The lowest BCUT2D eigenvalue weighted by molar-refractivity contribution is -0.870. The topological polar surface area (TPSA) is 114 Å². The summed E-state index contributed by atoms with van der Waals surface area (Å²) in [5.74, 6) is -0.523. The van der Waals surface area contributed by atoms with Crippen LogP contribution in [0.5, 0.6) is 0 Å². The summed E-state index contributed by atoms with van der Waals surface area (Å²) in [5, 5.41) is 3.04. The lowest BCUT2D eigenvalue weighted by Gasteiger charge is -2.30. The maximum atomic E-state index is 13.6. The maximum absolute atomic E-state index is 13.6. The van der Waals surface area contributed by atoms with E-state index in [1.165, 1.54) is 238 Å². The highest BCUT2D eigenvalue weighted by atomic mass is 31.2. The number of quaternary nitrogens is 1. The number of esters is 1. The molecule has 1 N–H and O–H groups in total. The molecule has 0 spiro atoms. The Bertz CT molecular complexity index is 1340. The van der Waals surface area contributed by atoms with Gasteiger partial charge in [0.15, 0.2) is 0 Å². The predicted molar refractivity (Wildman–Crippen MR) is 321 cm³/mol.